The highest BCUT2D eigenvalue weighted by Gasteiger charge is 2.19. The number of hydrogen-bond donors (Lipinski definition) is 2. The number of imidazole rings is 1. The molecule has 2 heterocycles. The Morgan fingerprint density at radius 2 is 1.81 bits per heavy atom. The van der Waals surface area contributed by atoms with E-state index in [-0.39, 0.29) is 23.0 Å². The number of fused-ring (bicyclic) bond motifs is 3. The van der Waals surface area contributed by atoms with E-state index in [1.807, 2.05) is 24.3 Å². The number of nitrogens with zero attached hydrogens (tertiary/aromatic N) is 4. The van der Waals surface area contributed by atoms with Gasteiger partial charge in [0.25, 0.3) is 5.69 Å². The molecule has 10 nitrogen and oxygen atoms in total. The molecule has 0 radical (unpaired) electrons. The number of nitro groups is 1. The van der Waals surface area contributed by atoms with Crippen molar-refractivity contribution >= 4 is 55.9 Å². The molecule has 0 aliphatic carbocycles. The van der Waals surface area contributed by atoms with Crippen LogP contribution in [0.15, 0.2) is 47.4 Å². The molecule has 4 aromatic rings. The standard InChI is InChI=1S/C24H28N6O4S.ClH/c1-2-3-11-21-28-22-23(18-9-4-5-10-19(18)27-24(22)25)29(21)14-7-6-8-16-15-17(30(31)32)12-13-20(16)35(26,33)34;/h4-5,9-10,12-13,15H,2-3,6-8,11,14H2,1H3,(H2,25,27)(H2,26,33,34);1H. The Hall–Kier alpha value is -3.28. The van der Waals surface area contributed by atoms with Crippen molar-refractivity contribution in [3.05, 3.63) is 64.0 Å². The first kappa shape index (κ1) is 27.3. The van der Waals surface area contributed by atoms with Gasteiger partial charge in [-0.2, -0.15) is 0 Å². The summed E-state index contributed by atoms with van der Waals surface area (Å²) in [5.74, 6) is 1.33. The van der Waals surface area contributed by atoms with Gasteiger partial charge < -0.3 is 10.3 Å². The molecular formula is C24H29ClN6O4S. The van der Waals surface area contributed by atoms with Crippen LogP contribution in [-0.2, 0) is 29.4 Å². The van der Waals surface area contributed by atoms with Gasteiger partial charge in [0.2, 0.25) is 10.0 Å². The van der Waals surface area contributed by atoms with E-state index in [1.165, 1.54) is 12.1 Å². The fraction of sp³-hybridized carbons (Fsp3) is 0.333. The zero-order valence-corrected chi connectivity index (χ0v) is 21.5. The van der Waals surface area contributed by atoms with E-state index in [4.69, 9.17) is 15.9 Å². The number of nitrogens with two attached hydrogens (primary N) is 2. The van der Waals surface area contributed by atoms with E-state index in [0.29, 0.717) is 42.7 Å². The number of benzene rings is 2. The minimum absolute atomic E-state index is 0. The van der Waals surface area contributed by atoms with Crippen molar-refractivity contribution in [1.82, 2.24) is 14.5 Å². The number of nitro benzene ring substituents is 1. The Morgan fingerprint density at radius 1 is 1.06 bits per heavy atom. The zero-order valence-electron chi connectivity index (χ0n) is 19.9. The lowest BCUT2D eigenvalue weighted by molar-refractivity contribution is -0.385. The number of para-hydroxylation sites is 1. The van der Waals surface area contributed by atoms with E-state index in [1.54, 1.807) is 0 Å². The highest BCUT2D eigenvalue weighted by molar-refractivity contribution is 7.89. The summed E-state index contributed by atoms with van der Waals surface area (Å²) in [6.07, 6.45) is 4.47. The van der Waals surface area contributed by atoms with Crippen LogP contribution in [0.25, 0.3) is 21.9 Å². The van der Waals surface area contributed by atoms with Gasteiger partial charge in [-0.05, 0) is 43.4 Å². The number of anilines is 1. The van der Waals surface area contributed by atoms with E-state index in [2.05, 4.69) is 16.5 Å². The maximum absolute atomic E-state index is 12.0. The van der Waals surface area contributed by atoms with Crippen LogP contribution in [0.3, 0.4) is 0 Å². The summed E-state index contributed by atoms with van der Waals surface area (Å²) in [5.41, 5.74) is 8.87. The van der Waals surface area contributed by atoms with Gasteiger partial charge >= 0.3 is 0 Å². The summed E-state index contributed by atoms with van der Waals surface area (Å²) in [6.45, 7) is 2.77. The minimum Gasteiger partial charge on any atom is -0.382 e. The molecule has 2 aromatic carbocycles. The van der Waals surface area contributed by atoms with Crippen LogP contribution in [0.4, 0.5) is 11.5 Å². The Balaban J connectivity index is 0.00000361. The molecule has 12 heteroatoms. The Kier molecular flexibility index (Phi) is 8.49. The Labute approximate surface area is 215 Å². The van der Waals surface area contributed by atoms with Gasteiger partial charge in [0.1, 0.15) is 11.3 Å². The zero-order chi connectivity index (χ0) is 25.2. The number of rotatable bonds is 10. The van der Waals surface area contributed by atoms with Crippen LogP contribution < -0.4 is 10.9 Å². The van der Waals surface area contributed by atoms with Crippen LogP contribution in [0.2, 0.25) is 0 Å². The molecule has 0 aliphatic rings. The number of nitrogen functional groups attached to an aromatic ring is 1. The van der Waals surface area contributed by atoms with Crippen LogP contribution in [0.5, 0.6) is 0 Å². The van der Waals surface area contributed by atoms with Crippen molar-refractivity contribution in [2.45, 2.75) is 56.9 Å². The van der Waals surface area contributed by atoms with Crippen molar-refractivity contribution in [1.29, 1.82) is 0 Å². The average Bonchev–Trinajstić information content (AvgIpc) is 3.19. The molecule has 0 saturated heterocycles. The fourth-order valence-electron chi connectivity index (χ4n) is 4.41. The highest BCUT2D eigenvalue weighted by Crippen LogP contribution is 2.30. The number of aromatic nitrogens is 3. The van der Waals surface area contributed by atoms with Gasteiger partial charge in [0, 0.05) is 30.5 Å². The quantitative estimate of drug-likeness (QED) is 0.172. The van der Waals surface area contributed by atoms with Gasteiger partial charge in [-0.1, -0.05) is 31.5 Å². The molecule has 4 N–H and O–H groups in total. The van der Waals surface area contributed by atoms with Crippen LogP contribution in [0.1, 0.15) is 44.0 Å². The maximum Gasteiger partial charge on any atom is 0.269 e. The lowest BCUT2D eigenvalue weighted by Crippen LogP contribution is -2.15. The smallest absolute Gasteiger partial charge is 0.269 e. The van der Waals surface area contributed by atoms with Gasteiger partial charge in [-0.3, -0.25) is 10.1 Å². The number of primary sulfonamides is 1. The first-order chi connectivity index (χ1) is 16.7. The largest absolute Gasteiger partial charge is 0.382 e. The van der Waals surface area contributed by atoms with E-state index >= 15 is 0 Å². The second kappa shape index (κ2) is 11.2. The normalized spacial score (nSPS) is 11.6. The van der Waals surface area contributed by atoms with Gasteiger partial charge in [-0.25, -0.2) is 23.5 Å². The predicted molar refractivity (Wildman–Crippen MR) is 143 cm³/mol. The number of halogens is 1. The number of pyridine rings is 1. The molecule has 0 amide bonds. The summed E-state index contributed by atoms with van der Waals surface area (Å²) < 4.78 is 26.1. The molecule has 0 spiro atoms. The molecule has 0 bridgehead atoms. The molecule has 2 aromatic heterocycles. The van der Waals surface area contributed by atoms with Gasteiger partial charge in [0.15, 0.2) is 5.82 Å². The third-order valence-electron chi connectivity index (χ3n) is 6.08. The van der Waals surface area contributed by atoms with Crippen LogP contribution >= 0.6 is 12.4 Å². The molecule has 192 valence electrons. The molecule has 4 rings (SSSR count). The average molecular weight is 533 g/mol. The Morgan fingerprint density at radius 3 is 2.50 bits per heavy atom. The molecule has 0 unspecified atom stereocenters. The van der Waals surface area contributed by atoms with Crippen molar-refractivity contribution in [3.8, 4) is 0 Å². The van der Waals surface area contributed by atoms with Gasteiger partial charge in [-0.15, -0.1) is 12.4 Å². The predicted octanol–water partition coefficient (Wildman–Crippen LogP) is 4.51. The third-order valence-corrected chi connectivity index (χ3v) is 7.09. The fourth-order valence-corrected chi connectivity index (χ4v) is 5.19. The lowest BCUT2D eigenvalue weighted by atomic mass is 10.1. The Bertz CT molecular complexity index is 1520. The van der Waals surface area contributed by atoms with Crippen LogP contribution in [-0.4, -0.2) is 27.9 Å². The first-order valence-electron chi connectivity index (χ1n) is 11.5. The second-order valence-corrected chi connectivity index (χ2v) is 10.1. The molecular weight excluding hydrogens is 504 g/mol. The van der Waals surface area contributed by atoms with Crippen molar-refractivity contribution < 1.29 is 13.3 Å². The molecule has 0 aliphatic heterocycles. The summed E-state index contributed by atoms with van der Waals surface area (Å²) in [7, 11) is -3.99. The first-order valence-corrected chi connectivity index (χ1v) is 13.1. The summed E-state index contributed by atoms with van der Waals surface area (Å²) in [6, 6.07) is 11.5. The number of aryl methyl sites for hydroxylation is 3. The van der Waals surface area contributed by atoms with Crippen molar-refractivity contribution in [2.24, 2.45) is 5.14 Å². The van der Waals surface area contributed by atoms with Crippen molar-refractivity contribution in [2.75, 3.05) is 5.73 Å². The van der Waals surface area contributed by atoms with Crippen molar-refractivity contribution in [3.63, 3.8) is 0 Å². The second-order valence-electron chi connectivity index (χ2n) is 8.55. The topological polar surface area (TPSA) is 160 Å². The highest BCUT2D eigenvalue weighted by atomic mass is 35.5. The molecule has 36 heavy (non-hydrogen) atoms. The molecule has 0 saturated carbocycles. The van der Waals surface area contributed by atoms with E-state index < -0.39 is 14.9 Å². The number of unbranched alkanes of at least 4 members (excludes halogenated alkanes) is 2. The third kappa shape index (κ3) is 5.58. The number of non-ortho nitro benzene ring substituents is 1. The maximum atomic E-state index is 12.0. The van der Waals surface area contributed by atoms with E-state index in [0.717, 1.165) is 47.6 Å². The molecule has 0 fully saturated rings. The molecule has 0 atom stereocenters. The summed E-state index contributed by atoms with van der Waals surface area (Å²) in [5, 5.41) is 17.5. The van der Waals surface area contributed by atoms with Gasteiger partial charge in [0.05, 0.1) is 20.9 Å². The number of hydrogen-bond acceptors (Lipinski definition) is 7. The van der Waals surface area contributed by atoms with E-state index in [9.17, 15) is 18.5 Å². The SMILES string of the molecule is CCCCc1nc2c(N)nc3ccccc3c2n1CCCCc1cc([N+](=O)[O-])ccc1S(N)(=O)=O.Cl. The lowest BCUT2D eigenvalue weighted by Gasteiger charge is -2.12. The monoisotopic (exact) mass is 532 g/mol. The minimum atomic E-state index is -3.99. The summed E-state index contributed by atoms with van der Waals surface area (Å²) in [4.78, 5) is 19.9. The summed E-state index contributed by atoms with van der Waals surface area (Å²) >= 11 is 0. The number of sulfonamides is 1. The van der Waals surface area contributed by atoms with Crippen LogP contribution in [0, 0.1) is 10.1 Å².